The highest BCUT2D eigenvalue weighted by molar-refractivity contribution is 5.93. The van der Waals surface area contributed by atoms with Crippen LogP contribution in [0.5, 0.6) is 0 Å². The van der Waals surface area contributed by atoms with Crippen molar-refractivity contribution in [3.05, 3.63) is 35.8 Å². The fourth-order valence-electron chi connectivity index (χ4n) is 2.58. The van der Waals surface area contributed by atoms with Gasteiger partial charge in [0, 0.05) is 25.0 Å². The minimum Gasteiger partial charge on any atom is -0.369 e. The Kier molecular flexibility index (Phi) is 3.14. The number of nitrogens with zero attached hydrogens (tertiary/aromatic N) is 3. The molecule has 2 aromatic heterocycles. The Hall–Kier alpha value is -2.37. The Morgan fingerprint density at radius 1 is 1.25 bits per heavy atom. The van der Waals surface area contributed by atoms with Crippen molar-refractivity contribution in [1.82, 2.24) is 14.3 Å². The summed E-state index contributed by atoms with van der Waals surface area (Å²) >= 11 is 0. The summed E-state index contributed by atoms with van der Waals surface area (Å²) in [6, 6.07) is 5.43. The van der Waals surface area contributed by atoms with Crippen LogP contribution in [0.2, 0.25) is 0 Å². The van der Waals surface area contributed by atoms with Gasteiger partial charge in [-0.1, -0.05) is 6.07 Å². The molecule has 2 amide bonds. The average Bonchev–Trinajstić information content (AvgIpc) is 3.07. The van der Waals surface area contributed by atoms with Crippen molar-refractivity contribution in [1.29, 1.82) is 0 Å². The Labute approximate surface area is 116 Å². The molecule has 0 radical (unpaired) electrons. The third-order valence-corrected chi connectivity index (χ3v) is 3.54. The summed E-state index contributed by atoms with van der Waals surface area (Å²) in [5, 5.41) is 0. The fraction of sp³-hybridized carbons (Fsp3) is 0.357. The highest BCUT2D eigenvalue weighted by Crippen LogP contribution is 2.15. The molecule has 6 nitrogen and oxygen atoms in total. The van der Waals surface area contributed by atoms with Crippen LogP contribution < -0.4 is 5.73 Å². The van der Waals surface area contributed by atoms with Crippen LogP contribution in [0, 0.1) is 0 Å². The first-order valence-electron chi connectivity index (χ1n) is 6.70. The molecule has 0 atom stereocenters. The highest BCUT2D eigenvalue weighted by atomic mass is 16.2. The molecule has 2 N–H and O–H groups in total. The second kappa shape index (κ2) is 4.96. The highest BCUT2D eigenvalue weighted by Gasteiger charge is 2.22. The van der Waals surface area contributed by atoms with Gasteiger partial charge in [0.05, 0.1) is 6.42 Å². The molecule has 20 heavy (non-hydrogen) atoms. The first-order valence-corrected chi connectivity index (χ1v) is 6.70. The van der Waals surface area contributed by atoms with Gasteiger partial charge < -0.3 is 15.0 Å². The lowest BCUT2D eigenvalue weighted by Crippen LogP contribution is -2.27. The van der Waals surface area contributed by atoms with Crippen LogP contribution in [0.25, 0.3) is 5.65 Å². The number of hydrogen-bond acceptors (Lipinski definition) is 3. The van der Waals surface area contributed by atoms with Gasteiger partial charge in [0.25, 0.3) is 5.91 Å². The standard InChI is InChI=1S/C14H16N4O2/c15-12(19)8-10-4-3-5-13-16-11(9-18(10)13)14(20)17-6-1-2-7-17/h3-5,9H,1-2,6-8H2,(H2,15,19). The van der Waals surface area contributed by atoms with Crippen molar-refractivity contribution >= 4 is 17.5 Å². The molecule has 1 aliphatic rings. The summed E-state index contributed by atoms with van der Waals surface area (Å²) in [7, 11) is 0. The number of pyridine rings is 1. The van der Waals surface area contributed by atoms with Crippen LogP contribution in [-0.4, -0.2) is 39.2 Å². The molecule has 1 aliphatic heterocycles. The third-order valence-electron chi connectivity index (χ3n) is 3.54. The van der Waals surface area contributed by atoms with Gasteiger partial charge in [0.2, 0.25) is 5.91 Å². The Balaban J connectivity index is 1.97. The average molecular weight is 272 g/mol. The smallest absolute Gasteiger partial charge is 0.274 e. The molecule has 0 aromatic carbocycles. The predicted octanol–water partition coefficient (Wildman–Crippen LogP) is 0.598. The number of imidazole rings is 1. The lowest BCUT2D eigenvalue weighted by atomic mass is 10.2. The molecule has 0 aliphatic carbocycles. The van der Waals surface area contributed by atoms with E-state index < -0.39 is 5.91 Å². The topological polar surface area (TPSA) is 80.7 Å². The number of fused-ring (bicyclic) bond motifs is 1. The van der Waals surface area contributed by atoms with E-state index in [1.165, 1.54) is 0 Å². The van der Waals surface area contributed by atoms with E-state index in [9.17, 15) is 9.59 Å². The van der Waals surface area contributed by atoms with Crippen molar-refractivity contribution in [3.8, 4) is 0 Å². The zero-order chi connectivity index (χ0) is 14.1. The number of likely N-dealkylation sites (tertiary alicyclic amines) is 1. The van der Waals surface area contributed by atoms with E-state index in [1.807, 2.05) is 23.1 Å². The van der Waals surface area contributed by atoms with E-state index in [-0.39, 0.29) is 12.3 Å². The molecule has 0 unspecified atom stereocenters. The quantitative estimate of drug-likeness (QED) is 0.888. The minimum atomic E-state index is -0.404. The number of primary amides is 1. The van der Waals surface area contributed by atoms with Crippen molar-refractivity contribution in [2.24, 2.45) is 5.73 Å². The summed E-state index contributed by atoms with van der Waals surface area (Å²) in [4.78, 5) is 29.5. The zero-order valence-electron chi connectivity index (χ0n) is 11.1. The summed E-state index contributed by atoms with van der Waals surface area (Å²) in [6.07, 6.45) is 3.91. The molecule has 1 fully saturated rings. The normalized spacial score (nSPS) is 14.9. The number of carbonyl (C=O) groups excluding carboxylic acids is 2. The van der Waals surface area contributed by atoms with Crippen molar-refractivity contribution in [3.63, 3.8) is 0 Å². The molecule has 0 bridgehead atoms. The van der Waals surface area contributed by atoms with Gasteiger partial charge in [-0.3, -0.25) is 9.59 Å². The number of amides is 2. The van der Waals surface area contributed by atoms with E-state index >= 15 is 0 Å². The van der Waals surface area contributed by atoms with E-state index in [0.717, 1.165) is 31.6 Å². The SMILES string of the molecule is NC(=O)Cc1cccc2nc(C(=O)N3CCCC3)cn12. The molecule has 3 heterocycles. The second-order valence-electron chi connectivity index (χ2n) is 5.01. The fourth-order valence-corrected chi connectivity index (χ4v) is 2.58. The summed E-state index contributed by atoms with van der Waals surface area (Å²) in [5.74, 6) is -0.449. The number of aromatic nitrogens is 2. The number of rotatable bonds is 3. The molecule has 0 saturated carbocycles. The Morgan fingerprint density at radius 3 is 2.70 bits per heavy atom. The van der Waals surface area contributed by atoms with Gasteiger partial charge in [-0.25, -0.2) is 4.98 Å². The van der Waals surface area contributed by atoms with Crippen LogP contribution in [0.15, 0.2) is 24.4 Å². The van der Waals surface area contributed by atoms with E-state index in [1.54, 1.807) is 10.6 Å². The second-order valence-corrected chi connectivity index (χ2v) is 5.01. The van der Waals surface area contributed by atoms with E-state index in [0.29, 0.717) is 11.3 Å². The maximum absolute atomic E-state index is 12.3. The van der Waals surface area contributed by atoms with Crippen LogP contribution >= 0.6 is 0 Å². The minimum absolute atomic E-state index is 0.0452. The zero-order valence-corrected chi connectivity index (χ0v) is 11.1. The molecule has 6 heteroatoms. The number of hydrogen-bond donors (Lipinski definition) is 1. The summed E-state index contributed by atoms with van der Waals surface area (Å²) in [6.45, 7) is 1.59. The van der Waals surface area contributed by atoms with Gasteiger partial charge in [-0.05, 0) is 25.0 Å². The number of carbonyl (C=O) groups is 2. The van der Waals surface area contributed by atoms with Gasteiger partial charge >= 0.3 is 0 Å². The van der Waals surface area contributed by atoms with Gasteiger partial charge in [-0.15, -0.1) is 0 Å². The molecular formula is C14H16N4O2. The molecular weight excluding hydrogens is 256 g/mol. The Morgan fingerprint density at radius 2 is 2.00 bits per heavy atom. The maximum Gasteiger partial charge on any atom is 0.274 e. The monoisotopic (exact) mass is 272 g/mol. The van der Waals surface area contributed by atoms with Gasteiger partial charge in [-0.2, -0.15) is 0 Å². The number of nitrogens with two attached hydrogens (primary N) is 1. The first kappa shape index (κ1) is 12.7. The largest absolute Gasteiger partial charge is 0.369 e. The van der Waals surface area contributed by atoms with Crippen molar-refractivity contribution < 1.29 is 9.59 Å². The summed E-state index contributed by atoms with van der Waals surface area (Å²) < 4.78 is 1.76. The van der Waals surface area contributed by atoms with Crippen LogP contribution in [-0.2, 0) is 11.2 Å². The van der Waals surface area contributed by atoms with Crippen molar-refractivity contribution in [2.75, 3.05) is 13.1 Å². The van der Waals surface area contributed by atoms with E-state index in [4.69, 9.17) is 5.73 Å². The van der Waals surface area contributed by atoms with Crippen molar-refractivity contribution in [2.45, 2.75) is 19.3 Å². The molecule has 2 aromatic rings. The molecule has 1 saturated heterocycles. The predicted molar refractivity (Wildman–Crippen MR) is 73.2 cm³/mol. The van der Waals surface area contributed by atoms with Crippen LogP contribution in [0.3, 0.4) is 0 Å². The molecule has 104 valence electrons. The van der Waals surface area contributed by atoms with E-state index in [2.05, 4.69) is 4.98 Å². The van der Waals surface area contributed by atoms with Gasteiger partial charge in [0.1, 0.15) is 11.3 Å². The van der Waals surface area contributed by atoms with Crippen LogP contribution in [0.1, 0.15) is 29.0 Å². The lowest BCUT2D eigenvalue weighted by Gasteiger charge is -2.12. The summed E-state index contributed by atoms with van der Waals surface area (Å²) in [5.41, 5.74) is 7.05. The maximum atomic E-state index is 12.3. The van der Waals surface area contributed by atoms with Gasteiger partial charge in [0.15, 0.2) is 0 Å². The van der Waals surface area contributed by atoms with Crippen LogP contribution in [0.4, 0.5) is 0 Å². The third kappa shape index (κ3) is 2.24. The molecule has 0 spiro atoms. The first-order chi connectivity index (χ1) is 9.65. The lowest BCUT2D eigenvalue weighted by molar-refractivity contribution is -0.117. The molecule has 3 rings (SSSR count). The Bertz CT molecular complexity index is 671.